The van der Waals surface area contributed by atoms with Gasteiger partial charge in [-0.2, -0.15) is 10.5 Å². The number of anilines is 1. The maximum absolute atomic E-state index is 9.45. The average molecular weight is 414 g/mol. The zero-order valence-corrected chi connectivity index (χ0v) is 17.6. The summed E-state index contributed by atoms with van der Waals surface area (Å²) in [5.74, 6) is 1.04. The molecule has 4 rings (SSSR count). The molecule has 0 aliphatic heterocycles. The lowest BCUT2D eigenvalue weighted by Crippen LogP contribution is -3.11. The van der Waals surface area contributed by atoms with Crippen LogP contribution in [0, 0.1) is 22.7 Å². The van der Waals surface area contributed by atoms with Crippen LogP contribution < -0.4 is 10.6 Å². The highest BCUT2D eigenvalue weighted by atomic mass is 15.1. The summed E-state index contributed by atoms with van der Waals surface area (Å²) in [7, 11) is 0. The van der Waals surface area contributed by atoms with Crippen LogP contribution in [0.4, 0.5) is 5.82 Å². The largest absolute Gasteiger partial charge is 0.384 e. The fraction of sp³-hybridized carbons (Fsp3) is 0.318. The fourth-order valence-corrected chi connectivity index (χ4v) is 3.93. The van der Waals surface area contributed by atoms with E-state index in [0.29, 0.717) is 34.9 Å². The highest BCUT2D eigenvalue weighted by molar-refractivity contribution is 5.98. The van der Waals surface area contributed by atoms with Crippen LogP contribution in [-0.2, 0) is 6.54 Å². The Morgan fingerprint density at radius 1 is 1.06 bits per heavy atom. The van der Waals surface area contributed by atoms with Crippen molar-refractivity contribution in [3.8, 4) is 23.5 Å². The summed E-state index contributed by atoms with van der Waals surface area (Å²) in [6.07, 6.45) is 0.897. The van der Waals surface area contributed by atoms with Crippen LogP contribution in [0.2, 0.25) is 0 Å². The number of nitrogens with one attached hydrogen (secondary N) is 2. The van der Waals surface area contributed by atoms with Gasteiger partial charge in [-0.15, -0.1) is 0 Å². The van der Waals surface area contributed by atoms with Crippen molar-refractivity contribution >= 4 is 28.0 Å². The van der Waals surface area contributed by atoms with Gasteiger partial charge < -0.3 is 20.2 Å². The minimum Gasteiger partial charge on any atom is -0.384 e. The van der Waals surface area contributed by atoms with E-state index < -0.39 is 0 Å². The molecule has 0 unspecified atom stereocenters. The molecule has 0 bridgehead atoms. The molecule has 4 aromatic rings. The van der Waals surface area contributed by atoms with Gasteiger partial charge in [0, 0.05) is 13.0 Å². The monoisotopic (exact) mass is 414 g/mol. The van der Waals surface area contributed by atoms with Gasteiger partial charge in [0.05, 0.1) is 36.2 Å². The van der Waals surface area contributed by atoms with Crippen LogP contribution in [0.5, 0.6) is 0 Å². The Labute approximate surface area is 179 Å². The fourth-order valence-electron chi connectivity index (χ4n) is 3.93. The predicted octanol–water partition coefficient (Wildman–Crippen LogP) is 1.61. The zero-order valence-electron chi connectivity index (χ0n) is 17.6. The van der Waals surface area contributed by atoms with Crippen molar-refractivity contribution in [2.75, 3.05) is 25.4 Å². The predicted molar refractivity (Wildman–Crippen MR) is 118 cm³/mol. The van der Waals surface area contributed by atoms with Crippen LogP contribution in [0.3, 0.4) is 0 Å². The number of fused-ring (bicyclic) bond motifs is 2. The number of aromatic amines is 1. The quantitative estimate of drug-likeness (QED) is 0.420. The Morgan fingerprint density at radius 2 is 1.77 bits per heavy atom. The Morgan fingerprint density at radius 3 is 2.45 bits per heavy atom. The minimum absolute atomic E-state index is 0.000672. The second-order valence-corrected chi connectivity index (χ2v) is 7.39. The van der Waals surface area contributed by atoms with Gasteiger partial charge >= 0.3 is 0 Å². The molecule has 0 saturated carbocycles. The standard InChI is InChI=1S/C22H23N9/c1-3-30(4-2)10-7-11-31-20(25)18(21-27-14-8-5-6-9-15(14)28-21)19-22(31)29-17(13-24)16(12-23)26-19/h5-6,8-9H,3-4,7,10-11,25H2,1-2H3,(H,27,28)/p+1. The first-order chi connectivity index (χ1) is 15.1. The molecular weight excluding hydrogens is 390 g/mol. The van der Waals surface area contributed by atoms with E-state index in [1.807, 2.05) is 41.0 Å². The maximum atomic E-state index is 9.45. The molecular formula is C22H24N9+. The number of quaternary nitrogens is 1. The Kier molecular flexibility index (Phi) is 5.52. The number of imidazole rings is 1. The second-order valence-electron chi connectivity index (χ2n) is 7.39. The van der Waals surface area contributed by atoms with E-state index >= 15 is 0 Å². The molecule has 31 heavy (non-hydrogen) atoms. The van der Waals surface area contributed by atoms with Crippen LogP contribution >= 0.6 is 0 Å². The summed E-state index contributed by atoms with van der Waals surface area (Å²) >= 11 is 0. The van der Waals surface area contributed by atoms with Crippen molar-refractivity contribution in [2.45, 2.75) is 26.8 Å². The first-order valence-corrected chi connectivity index (χ1v) is 10.4. The van der Waals surface area contributed by atoms with Gasteiger partial charge in [-0.05, 0) is 26.0 Å². The van der Waals surface area contributed by atoms with Gasteiger partial charge in [0.1, 0.15) is 29.3 Å². The lowest BCUT2D eigenvalue weighted by atomic mass is 10.2. The minimum atomic E-state index is -0.0166. The molecule has 9 heteroatoms. The highest BCUT2D eigenvalue weighted by Gasteiger charge is 2.24. The summed E-state index contributed by atoms with van der Waals surface area (Å²) in [6.45, 7) is 8.11. The first kappa shape index (κ1) is 20.3. The number of nitrogen functional groups attached to an aromatic ring is 1. The lowest BCUT2D eigenvalue weighted by molar-refractivity contribution is -0.896. The first-order valence-electron chi connectivity index (χ1n) is 10.4. The summed E-state index contributed by atoms with van der Waals surface area (Å²) in [5.41, 5.74) is 9.84. The molecule has 0 atom stereocenters. The number of nitrogens with zero attached hydrogens (tertiary/aromatic N) is 6. The van der Waals surface area contributed by atoms with E-state index in [1.165, 1.54) is 4.90 Å². The van der Waals surface area contributed by atoms with E-state index in [9.17, 15) is 10.5 Å². The molecule has 0 radical (unpaired) electrons. The number of rotatable bonds is 7. The summed E-state index contributed by atoms with van der Waals surface area (Å²) in [6, 6.07) is 11.6. The zero-order chi connectivity index (χ0) is 22.0. The van der Waals surface area contributed by atoms with Crippen molar-refractivity contribution in [3.63, 3.8) is 0 Å². The van der Waals surface area contributed by atoms with Crippen molar-refractivity contribution < 1.29 is 4.90 Å². The van der Waals surface area contributed by atoms with E-state index in [4.69, 9.17) is 5.73 Å². The number of H-pyrrole nitrogens is 1. The molecule has 9 nitrogen and oxygen atoms in total. The Hall–Kier alpha value is -3.95. The number of aryl methyl sites for hydroxylation is 1. The molecule has 0 amide bonds. The summed E-state index contributed by atoms with van der Waals surface area (Å²) in [4.78, 5) is 18.4. The van der Waals surface area contributed by atoms with Crippen LogP contribution in [-0.4, -0.2) is 44.1 Å². The molecule has 0 fully saturated rings. The topological polar surface area (TPSA) is 137 Å². The number of aromatic nitrogens is 5. The van der Waals surface area contributed by atoms with E-state index in [-0.39, 0.29) is 11.4 Å². The smallest absolute Gasteiger partial charge is 0.179 e. The van der Waals surface area contributed by atoms with Crippen LogP contribution in [0.15, 0.2) is 24.3 Å². The van der Waals surface area contributed by atoms with E-state index in [1.54, 1.807) is 0 Å². The third-order valence-corrected chi connectivity index (χ3v) is 5.67. The molecule has 0 spiro atoms. The number of nitriles is 2. The van der Waals surface area contributed by atoms with Gasteiger partial charge in [-0.25, -0.2) is 15.0 Å². The van der Waals surface area contributed by atoms with E-state index in [2.05, 4.69) is 33.8 Å². The van der Waals surface area contributed by atoms with Crippen LogP contribution in [0.1, 0.15) is 31.7 Å². The van der Waals surface area contributed by atoms with Crippen molar-refractivity contribution in [1.82, 2.24) is 24.5 Å². The third kappa shape index (κ3) is 3.56. The molecule has 0 aliphatic rings. The Balaban J connectivity index is 1.87. The molecule has 3 aromatic heterocycles. The Bertz CT molecular complexity index is 1300. The molecule has 4 N–H and O–H groups in total. The second kappa shape index (κ2) is 8.42. The average Bonchev–Trinajstić information content (AvgIpc) is 3.33. The van der Waals surface area contributed by atoms with Gasteiger partial charge in [-0.3, -0.25) is 0 Å². The molecule has 156 valence electrons. The van der Waals surface area contributed by atoms with Gasteiger partial charge in [-0.1, -0.05) is 12.1 Å². The highest BCUT2D eigenvalue weighted by Crippen LogP contribution is 2.35. The maximum Gasteiger partial charge on any atom is 0.179 e. The molecule has 0 saturated heterocycles. The van der Waals surface area contributed by atoms with Crippen LogP contribution in [0.25, 0.3) is 33.6 Å². The third-order valence-electron chi connectivity index (χ3n) is 5.67. The number of para-hydroxylation sites is 2. The molecule has 1 aromatic carbocycles. The van der Waals surface area contributed by atoms with Gasteiger partial charge in [0.15, 0.2) is 17.0 Å². The van der Waals surface area contributed by atoms with Crippen molar-refractivity contribution in [2.24, 2.45) is 0 Å². The van der Waals surface area contributed by atoms with Crippen molar-refractivity contribution in [1.29, 1.82) is 10.5 Å². The SMILES string of the molecule is CC[NH+](CC)CCCn1c(N)c(-c2nc3ccccc3[nH]2)c2nc(C#N)c(C#N)nc21. The molecule has 3 heterocycles. The summed E-state index contributed by atoms with van der Waals surface area (Å²) in [5, 5.41) is 18.9. The van der Waals surface area contributed by atoms with Gasteiger partial charge in [0.2, 0.25) is 0 Å². The molecule has 0 aliphatic carbocycles. The van der Waals surface area contributed by atoms with Gasteiger partial charge in [0.25, 0.3) is 0 Å². The number of hydrogen-bond donors (Lipinski definition) is 3. The normalized spacial score (nSPS) is 11.3. The lowest BCUT2D eigenvalue weighted by Gasteiger charge is -2.15. The van der Waals surface area contributed by atoms with Crippen molar-refractivity contribution in [3.05, 3.63) is 35.7 Å². The number of nitrogens with two attached hydrogens (primary N) is 1. The van der Waals surface area contributed by atoms with E-state index in [0.717, 1.165) is 37.1 Å². The number of hydrogen-bond acceptors (Lipinski definition) is 6. The number of benzene rings is 1. The summed E-state index contributed by atoms with van der Waals surface area (Å²) < 4.78 is 1.88.